The van der Waals surface area contributed by atoms with Gasteiger partial charge >= 0.3 is 12.1 Å². The van der Waals surface area contributed by atoms with Gasteiger partial charge in [0, 0.05) is 29.0 Å². The number of rotatable bonds is 5. The van der Waals surface area contributed by atoms with Gasteiger partial charge in [-0.2, -0.15) is 13.2 Å². The summed E-state index contributed by atoms with van der Waals surface area (Å²) in [5.74, 6) is 0.0310. The van der Waals surface area contributed by atoms with Crippen LogP contribution in [0.3, 0.4) is 0 Å². The summed E-state index contributed by atoms with van der Waals surface area (Å²) in [6.45, 7) is 3.53. The molecule has 0 aromatic carbocycles. The van der Waals surface area contributed by atoms with Gasteiger partial charge in [-0.25, -0.2) is 4.79 Å². The molecule has 5 nitrogen and oxygen atoms in total. The van der Waals surface area contributed by atoms with E-state index >= 15 is 0 Å². The first-order valence-corrected chi connectivity index (χ1v) is 11.1. The van der Waals surface area contributed by atoms with Crippen molar-refractivity contribution in [1.82, 2.24) is 9.88 Å². The SMILES string of the molecule is COC(=O)c1c2c(n([C@H](C)C3CCC(NC4(C(F)(F)F)COC4)CC3)c1C)CCC=C2. The van der Waals surface area contributed by atoms with Gasteiger partial charge in [-0.15, -0.1) is 0 Å². The van der Waals surface area contributed by atoms with Crippen LogP contribution in [0.2, 0.25) is 0 Å². The lowest BCUT2D eigenvalue weighted by atomic mass is 9.80. The molecule has 8 heteroatoms. The first-order chi connectivity index (χ1) is 14.7. The molecule has 0 spiro atoms. The van der Waals surface area contributed by atoms with E-state index in [-0.39, 0.29) is 31.3 Å². The molecule has 2 fully saturated rings. The molecule has 0 unspecified atom stereocenters. The van der Waals surface area contributed by atoms with Crippen LogP contribution in [0.15, 0.2) is 6.08 Å². The van der Waals surface area contributed by atoms with Crippen molar-refractivity contribution in [2.45, 2.75) is 76.2 Å². The maximum Gasteiger partial charge on any atom is 0.411 e. The van der Waals surface area contributed by atoms with Crippen LogP contribution in [0.4, 0.5) is 13.2 Å². The van der Waals surface area contributed by atoms with Gasteiger partial charge in [-0.05, 0) is 58.3 Å². The Hall–Kier alpha value is -1.80. The van der Waals surface area contributed by atoms with Gasteiger partial charge in [0.1, 0.15) is 0 Å². The molecule has 1 aromatic rings. The zero-order chi connectivity index (χ0) is 22.4. The summed E-state index contributed by atoms with van der Waals surface area (Å²) in [5.41, 5.74) is 1.78. The van der Waals surface area contributed by atoms with Crippen molar-refractivity contribution < 1.29 is 27.4 Å². The first-order valence-electron chi connectivity index (χ1n) is 11.1. The number of esters is 1. The molecule has 31 heavy (non-hydrogen) atoms. The lowest BCUT2D eigenvalue weighted by molar-refractivity contribution is -0.270. The molecule has 1 aromatic heterocycles. The number of allylic oxidation sites excluding steroid dienone is 1. The van der Waals surface area contributed by atoms with Gasteiger partial charge in [0.05, 0.1) is 25.9 Å². The lowest BCUT2D eigenvalue weighted by Gasteiger charge is -2.47. The molecule has 0 bridgehead atoms. The second-order valence-corrected chi connectivity index (χ2v) is 9.19. The van der Waals surface area contributed by atoms with E-state index in [1.54, 1.807) is 0 Å². The molecule has 172 valence electrons. The van der Waals surface area contributed by atoms with E-state index in [1.807, 2.05) is 13.0 Å². The molecular weight excluding hydrogens is 409 g/mol. The van der Waals surface area contributed by atoms with Crippen molar-refractivity contribution in [3.05, 3.63) is 28.6 Å². The van der Waals surface area contributed by atoms with Gasteiger partial charge in [0.25, 0.3) is 0 Å². The minimum absolute atomic E-state index is 0.151. The number of halogens is 3. The van der Waals surface area contributed by atoms with E-state index in [4.69, 9.17) is 9.47 Å². The maximum atomic E-state index is 13.4. The van der Waals surface area contributed by atoms with Crippen LogP contribution >= 0.6 is 0 Å². The quantitative estimate of drug-likeness (QED) is 0.681. The second-order valence-electron chi connectivity index (χ2n) is 9.19. The molecule has 1 saturated heterocycles. The number of aromatic nitrogens is 1. The standard InChI is InChI=1S/C23H31F3N2O3/c1-14(28-15(2)20(21(29)30-3)18-6-4-5-7-19(18)28)16-8-10-17(11-9-16)27-22(12-31-13-22)23(24,25)26/h4,6,14,16-17,27H,5,7-13H2,1-3H3/t14-,16?,17?/m1/s1. The fourth-order valence-electron chi connectivity index (χ4n) is 5.54. The summed E-state index contributed by atoms with van der Waals surface area (Å²) < 4.78 is 52.5. The van der Waals surface area contributed by atoms with E-state index in [1.165, 1.54) is 7.11 Å². The smallest absolute Gasteiger partial charge is 0.411 e. The fraction of sp³-hybridized carbons (Fsp3) is 0.696. The molecule has 1 N–H and O–H groups in total. The predicted molar refractivity (Wildman–Crippen MR) is 111 cm³/mol. The molecular formula is C23H31F3N2O3. The van der Waals surface area contributed by atoms with Crippen molar-refractivity contribution in [3.8, 4) is 0 Å². The Bertz CT molecular complexity index is 862. The predicted octanol–water partition coefficient (Wildman–Crippen LogP) is 4.58. The number of nitrogens with zero attached hydrogens (tertiary/aromatic N) is 1. The summed E-state index contributed by atoms with van der Waals surface area (Å²) in [6.07, 6.45) is 4.72. The number of methoxy groups -OCH3 is 1. The van der Waals surface area contributed by atoms with Gasteiger partial charge in [0.2, 0.25) is 0 Å². The fourth-order valence-corrected chi connectivity index (χ4v) is 5.54. The van der Waals surface area contributed by atoms with Crippen molar-refractivity contribution in [3.63, 3.8) is 0 Å². The van der Waals surface area contributed by atoms with E-state index < -0.39 is 11.7 Å². The first kappa shape index (κ1) is 22.4. The topological polar surface area (TPSA) is 52.5 Å². The highest BCUT2D eigenvalue weighted by molar-refractivity contribution is 5.96. The Balaban J connectivity index is 1.48. The highest BCUT2D eigenvalue weighted by atomic mass is 19.4. The summed E-state index contributed by atoms with van der Waals surface area (Å²) >= 11 is 0. The van der Waals surface area contributed by atoms with Crippen LogP contribution in [0.1, 0.15) is 72.4 Å². The summed E-state index contributed by atoms with van der Waals surface area (Å²) in [6, 6.07) is 0.0189. The Morgan fingerprint density at radius 2 is 1.97 bits per heavy atom. The monoisotopic (exact) mass is 440 g/mol. The second kappa shape index (κ2) is 8.28. The van der Waals surface area contributed by atoms with E-state index in [9.17, 15) is 18.0 Å². The van der Waals surface area contributed by atoms with Crippen molar-refractivity contribution in [2.24, 2.45) is 5.92 Å². The van der Waals surface area contributed by atoms with E-state index in [0.29, 0.717) is 24.3 Å². The summed E-state index contributed by atoms with van der Waals surface area (Å²) in [7, 11) is 1.40. The highest BCUT2D eigenvalue weighted by Crippen LogP contribution is 2.41. The zero-order valence-electron chi connectivity index (χ0n) is 18.3. The number of alkyl halides is 3. The third-order valence-corrected chi connectivity index (χ3v) is 7.40. The summed E-state index contributed by atoms with van der Waals surface area (Å²) in [4.78, 5) is 12.4. The average molecular weight is 441 g/mol. The molecule has 1 saturated carbocycles. The third-order valence-electron chi connectivity index (χ3n) is 7.40. The van der Waals surface area contributed by atoms with Crippen LogP contribution in [-0.2, 0) is 15.9 Å². The zero-order valence-corrected chi connectivity index (χ0v) is 18.3. The van der Waals surface area contributed by atoms with Gasteiger partial charge in [0.15, 0.2) is 5.54 Å². The maximum absolute atomic E-state index is 13.4. The minimum Gasteiger partial charge on any atom is -0.465 e. The normalized spacial score (nSPS) is 26.1. The number of hydrogen-bond acceptors (Lipinski definition) is 4. The molecule has 2 heterocycles. The van der Waals surface area contributed by atoms with Gasteiger partial charge in [-0.3, -0.25) is 5.32 Å². The molecule has 0 radical (unpaired) electrons. The number of hydrogen-bond donors (Lipinski definition) is 1. The van der Waals surface area contributed by atoms with E-state index in [2.05, 4.69) is 22.9 Å². The van der Waals surface area contributed by atoms with Crippen LogP contribution in [0.5, 0.6) is 0 Å². The molecule has 1 atom stereocenters. The molecule has 1 aliphatic heterocycles. The van der Waals surface area contributed by atoms with E-state index in [0.717, 1.165) is 42.6 Å². The largest absolute Gasteiger partial charge is 0.465 e. The van der Waals surface area contributed by atoms with Crippen LogP contribution < -0.4 is 5.32 Å². The number of ether oxygens (including phenoxy) is 2. The lowest BCUT2D eigenvalue weighted by Crippen LogP contribution is -2.71. The number of carbonyl (C=O) groups is 1. The molecule has 2 aliphatic carbocycles. The summed E-state index contributed by atoms with van der Waals surface area (Å²) in [5, 5.41) is 2.87. The Morgan fingerprint density at radius 1 is 1.29 bits per heavy atom. The van der Waals surface area contributed by atoms with Crippen LogP contribution in [-0.4, -0.2) is 48.6 Å². The number of fused-ring (bicyclic) bond motifs is 1. The molecule has 3 aliphatic rings. The average Bonchev–Trinajstić information content (AvgIpc) is 3.01. The van der Waals surface area contributed by atoms with Crippen molar-refractivity contribution in [2.75, 3.05) is 20.3 Å². The van der Waals surface area contributed by atoms with Crippen molar-refractivity contribution >= 4 is 12.0 Å². The van der Waals surface area contributed by atoms with Gasteiger partial charge < -0.3 is 14.0 Å². The van der Waals surface area contributed by atoms with Gasteiger partial charge in [-0.1, -0.05) is 12.2 Å². The van der Waals surface area contributed by atoms with Crippen molar-refractivity contribution in [1.29, 1.82) is 0 Å². The molecule has 0 amide bonds. The Kier molecular flexibility index (Phi) is 5.98. The number of carbonyl (C=O) groups excluding carboxylic acids is 1. The third kappa shape index (κ3) is 3.82. The minimum atomic E-state index is -4.30. The Morgan fingerprint density at radius 3 is 2.52 bits per heavy atom. The molecule has 4 rings (SSSR count). The number of nitrogens with one attached hydrogen (secondary N) is 1. The highest BCUT2D eigenvalue weighted by Gasteiger charge is 2.60. The Labute approximate surface area is 181 Å². The van der Waals surface area contributed by atoms with Crippen LogP contribution in [0, 0.1) is 12.8 Å². The van der Waals surface area contributed by atoms with Crippen LogP contribution in [0.25, 0.3) is 6.08 Å².